The summed E-state index contributed by atoms with van der Waals surface area (Å²) in [6.45, 7) is 0. The van der Waals surface area contributed by atoms with Crippen LogP contribution in [0.3, 0.4) is 0 Å². The molecule has 4 rings (SSSR count). The van der Waals surface area contributed by atoms with Gasteiger partial charge in [-0.25, -0.2) is 0 Å². The van der Waals surface area contributed by atoms with E-state index in [1.165, 1.54) is 28.1 Å². The number of hydrogen-bond donors (Lipinski definition) is 1. The molecule has 1 saturated heterocycles. The Morgan fingerprint density at radius 1 is 1.19 bits per heavy atom. The van der Waals surface area contributed by atoms with Gasteiger partial charge in [-0.1, -0.05) is 42.1 Å². The van der Waals surface area contributed by atoms with Crippen molar-refractivity contribution in [2.24, 2.45) is 0 Å². The number of aryl methyl sites for hydroxylation is 1. The van der Waals surface area contributed by atoms with Crippen LogP contribution in [-0.2, 0) is 17.6 Å². The normalized spacial score (nSPS) is 18.3. The lowest BCUT2D eigenvalue weighted by molar-refractivity contribution is -0.123. The largest absolute Gasteiger partial charge is 0.285 e. The van der Waals surface area contributed by atoms with Crippen LogP contribution in [0.1, 0.15) is 39.2 Å². The average Bonchev–Trinajstić information content (AvgIpc) is 3.19. The van der Waals surface area contributed by atoms with Crippen LogP contribution in [0.5, 0.6) is 0 Å². The predicted molar refractivity (Wildman–Crippen MR) is 110 cm³/mol. The number of benzene rings is 1. The molecule has 0 atom stereocenters. The highest BCUT2D eigenvalue weighted by Crippen LogP contribution is 2.33. The van der Waals surface area contributed by atoms with E-state index in [9.17, 15) is 9.59 Å². The first-order valence-corrected chi connectivity index (χ1v) is 10.5. The van der Waals surface area contributed by atoms with Crippen LogP contribution in [0.15, 0.2) is 40.6 Å². The fraction of sp³-hybridized carbons (Fsp3) is 0.211. The van der Waals surface area contributed by atoms with Gasteiger partial charge in [0.25, 0.3) is 11.8 Å². The van der Waals surface area contributed by atoms with Crippen LogP contribution in [0.2, 0.25) is 0 Å². The molecule has 2 aliphatic rings. The van der Waals surface area contributed by atoms with Gasteiger partial charge in [0.2, 0.25) is 0 Å². The molecule has 26 heavy (non-hydrogen) atoms. The average molecular weight is 401 g/mol. The highest BCUT2D eigenvalue weighted by atomic mass is 32.2. The maximum absolute atomic E-state index is 12.7. The van der Waals surface area contributed by atoms with Gasteiger partial charge in [0.1, 0.15) is 0 Å². The van der Waals surface area contributed by atoms with Crippen molar-refractivity contribution < 1.29 is 9.59 Å². The summed E-state index contributed by atoms with van der Waals surface area (Å²) >= 11 is 8.12. The molecule has 0 bridgehead atoms. The van der Waals surface area contributed by atoms with Crippen molar-refractivity contribution in [3.8, 4) is 0 Å². The third-order valence-corrected chi connectivity index (χ3v) is 6.80. The third kappa shape index (κ3) is 3.34. The fourth-order valence-electron chi connectivity index (χ4n) is 3.11. The van der Waals surface area contributed by atoms with Crippen molar-refractivity contribution in [1.29, 1.82) is 0 Å². The second-order valence-corrected chi connectivity index (χ2v) is 8.77. The lowest BCUT2D eigenvalue weighted by atomic mass is 9.96. The lowest BCUT2D eigenvalue weighted by Crippen LogP contribution is -2.45. The molecule has 2 aromatic rings. The Bertz CT molecular complexity index is 918. The number of fused-ring (bicyclic) bond motifs is 1. The molecule has 132 valence electrons. The summed E-state index contributed by atoms with van der Waals surface area (Å²) in [5.41, 5.74) is 5.42. The molecular formula is C19H16N2O2S3. The molecule has 1 fully saturated rings. The van der Waals surface area contributed by atoms with Gasteiger partial charge in [-0.2, -0.15) is 5.01 Å². The SMILES string of the molecule is O=C(NN1C(=O)/C(=C/c2ccccc2)SC1=S)c1csc2c1CCCC2. The zero-order valence-corrected chi connectivity index (χ0v) is 16.3. The summed E-state index contributed by atoms with van der Waals surface area (Å²) in [6.07, 6.45) is 6.03. The van der Waals surface area contributed by atoms with Crippen molar-refractivity contribution in [1.82, 2.24) is 10.4 Å². The van der Waals surface area contributed by atoms with Gasteiger partial charge in [0, 0.05) is 10.3 Å². The third-order valence-electron chi connectivity index (χ3n) is 4.41. The molecular weight excluding hydrogens is 384 g/mol. The van der Waals surface area contributed by atoms with E-state index < -0.39 is 0 Å². The number of amides is 2. The number of carbonyl (C=O) groups is 2. The van der Waals surface area contributed by atoms with E-state index in [0.29, 0.717) is 14.8 Å². The Labute approximate surface area is 165 Å². The van der Waals surface area contributed by atoms with E-state index in [2.05, 4.69) is 5.43 Å². The summed E-state index contributed by atoms with van der Waals surface area (Å²) < 4.78 is 0.342. The van der Waals surface area contributed by atoms with Gasteiger partial charge in [0.15, 0.2) is 4.32 Å². The Morgan fingerprint density at radius 2 is 1.96 bits per heavy atom. The van der Waals surface area contributed by atoms with Gasteiger partial charge in [-0.15, -0.1) is 11.3 Å². The standard InChI is InChI=1S/C19H16N2O2S3/c22-17(14-11-25-15-9-5-4-8-13(14)15)20-21-18(23)16(26-19(21)24)10-12-6-2-1-3-7-12/h1-3,6-7,10-11H,4-5,8-9H2,(H,20,22)/b16-10-. The van der Waals surface area contributed by atoms with E-state index in [0.717, 1.165) is 30.4 Å². The molecule has 1 aliphatic heterocycles. The zero-order valence-electron chi connectivity index (χ0n) is 13.9. The van der Waals surface area contributed by atoms with E-state index in [1.807, 2.05) is 35.7 Å². The second-order valence-electron chi connectivity index (χ2n) is 6.13. The maximum atomic E-state index is 12.7. The summed E-state index contributed by atoms with van der Waals surface area (Å²) in [6, 6.07) is 9.58. The monoisotopic (exact) mass is 400 g/mol. The summed E-state index contributed by atoms with van der Waals surface area (Å²) in [5, 5.41) is 3.08. The Kier molecular flexibility index (Phi) is 4.93. The summed E-state index contributed by atoms with van der Waals surface area (Å²) in [4.78, 5) is 27.2. The molecule has 4 nitrogen and oxygen atoms in total. The van der Waals surface area contributed by atoms with Gasteiger partial charge < -0.3 is 0 Å². The highest BCUT2D eigenvalue weighted by molar-refractivity contribution is 8.26. The number of thioether (sulfide) groups is 1. The minimum atomic E-state index is -0.290. The number of thiocarbonyl (C=S) groups is 1. The fourth-order valence-corrected chi connectivity index (χ4v) is 5.42. The highest BCUT2D eigenvalue weighted by Gasteiger charge is 2.34. The van der Waals surface area contributed by atoms with Crippen molar-refractivity contribution in [2.45, 2.75) is 25.7 Å². The minimum absolute atomic E-state index is 0.262. The van der Waals surface area contributed by atoms with E-state index in [4.69, 9.17) is 12.2 Å². The second kappa shape index (κ2) is 7.34. The number of hydrogen-bond acceptors (Lipinski definition) is 5. The lowest BCUT2D eigenvalue weighted by Gasteiger charge is -2.17. The number of thiophene rings is 1. The maximum Gasteiger partial charge on any atom is 0.285 e. The van der Waals surface area contributed by atoms with E-state index in [-0.39, 0.29) is 11.8 Å². The van der Waals surface area contributed by atoms with Crippen LogP contribution in [0.4, 0.5) is 0 Å². The van der Waals surface area contributed by atoms with Crippen LogP contribution >= 0.6 is 35.3 Å². The van der Waals surface area contributed by atoms with Gasteiger partial charge in [0.05, 0.1) is 10.5 Å². The predicted octanol–water partition coefficient (Wildman–Crippen LogP) is 4.17. The number of nitrogens with one attached hydrogen (secondary N) is 1. The molecule has 1 N–H and O–H groups in total. The van der Waals surface area contributed by atoms with Crippen molar-refractivity contribution >= 4 is 57.5 Å². The molecule has 0 radical (unpaired) electrons. The van der Waals surface area contributed by atoms with Crippen LogP contribution in [0.25, 0.3) is 6.08 Å². The molecule has 2 amide bonds. The van der Waals surface area contributed by atoms with Crippen LogP contribution in [0, 0.1) is 0 Å². The topological polar surface area (TPSA) is 49.4 Å². The Morgan fingerprint density at radius 3 is 2.77 bits per heavy atom. The number of rotatable bonds is 3. The first-order valence-electron chi connectivity index (χ1n) is 8.37. The van der Waals surface area contributed by atoms with Gasteiger partial charge in [-0.05, 0) is 55.1 Å². The van der Waals surface area contributed by atoms with Crippen molar-refractivity contribution in [2.75, 3.05) is 0 Å². The van der Waals surface area contributed by atoms with Crippen LogP contribution < -0.4 is 5.43 Å². The number of nitrogens with zero attached hydrogens (tertiary/aromatic N) is 1. The summed E-state index contributed by atoms with van der Waals surface area (Å²) in [7, 11) is 0. The first-order chi connectivity index (χ1) is 12.6. The molecule has 1 aromatic heterocycles. The Hall–Kier alpha value is -1.96. The quantitative estimate of drug-likeness (QED) is 0.620. The number of hydrazine groups is 1. The zero-order chi connectivity index (χ0) is 18.1. The van der Waals surface area contributed by atoms with Crippen molar-refractivity contribution in [3.05, 3.63) is 62.2 Å². The molecule has 0 unspecified atom stereocenters. The van der Waals surface area contributed by atoms with Gasteiger partial charge in [-0.3, -0.25) is 15.0 Å². The molecule has 1 aliphatic carbocycles. The Balaban J connectivity index is 1.52. The van der Waals surface area contributed by atoms with Gasteiger partial charge >= 0.3 is 0 Å². The first kappa shape index (κ1) is 17.5. The van der Waals surface area contributed by atoms with Crippen LogP contribution in [-0.4, -0.2) is 21.1 Å². The molecule has 1 aromatic carbocycles. The van der Waals surface area contributed by atoms with E-state index in [1.54, 1.807) is 17.4 Å². The molecule has 0 saturated carbocycles. The molecule has 0 spiro atoms. The minimum Gasteiger partial charge on any atom is -0.267 e. The van der Waals surface area contributed by atoms with E-state index >= 15 is 0 Å². The molecule has 7 heteroatoms. The smallest absolute Gasteiger partial charge is 0.267 e. The number of carbonyl (C=O) groups excluding carboxylic acids is 2. The molecule has 2 heterocycles. The summed E-state index contributed by atoms with van der Waals surface area (Å²) in [5.74, 6) is -0.553. The van der Waals surface area contributed by atoms with Crippen molar-refractivity contribution in [3.63, 3.8) is 0 Å².